The molecule has 4 rings (SSSR count). The molecule has 154 valence electrons. The number of piperidine rings is 1. The lowest BCUT2D eigenvalue weighted by Crippen LogP contribution is -2.35. The fourth-order valence-electron chi connectivity index (χ4n) is 3.22. The van der Waals surface area contributed by atoms with Crippen molar-refractivity contribution in [1.29, 1.82) is 0 Å². The zero-order chi connectivity index (χ0) is 20.8. The fourth-order valence-corrected chi connectivity index (χ4v) is 3.22. The SMILES string of the molecule is CS(=O)[O-].Fc1cnc(NC2CCNCC2)cc1-c1cc(F)c2ncccc2c1. The van der Waals surface area contributed by atoms with Gasteiger partial charge in [-0.15, -0.1) is 0 Å². The van der Waals surface area contributed by atoms with Crippen LogP contribution in [-0.2, 0) is 11.1 Å². The second kappa shape index (κ2) is 9.82. The third kappa shape index (κ3) is 5.75. The molecule has 1 aliphatic rings. The topological polar surface area (TPSA) is 90.0 Å². The summed E-state index contributed by atoms with van der Waals surface area (Å²) in [5.74, 6) is -0.328. The van der Waals surface area contributed by atoms with Crippen molar-refractivity contribution in [2.24, 2.45) is 0 Å². The quantitative estimate of drug-likeness (QED) is 0.634. The molecule has 6 nitrogen and oxygen atoms in total. The van der Waals surface area contributed by atoms with Crippen LogP contribution in [-0.4, -0.2) is 44.1 Å². The van der Waals surface area contributed by atoms with Crippen LogP contribution in [0.25, 0.3) is 22.0 Å². The van der Waals surface area contributed by atoms with Crippen LogP contribution in [0.2, 0.25) is 0 Å². The average Bonchev–Trinajstić information content (AvgIpc) is 2.70. The molecule has 1 fully saturated rings. The minimum atomic E-state index is -1.86. The van der Waals surface area contributed by atoms with Gasteiger partial charge in [-0.2, -0.15) is 0 Å². The second-order valence-electron chi connectivity index (χ2n) is 6.65. The lowest BCUT2D eigenvalue weighted by Gasteiger charge is -2.24. The van der Waals surface area contributed by atoms with Crippen molar-refractivity contribution >= 4 is 27.8 Å². The third-order valence-corrected chi connectivity index (χ3v) is 4.52. The summed E-state index contributed by atoms with van der Waals surface area (Å²) >= 11 is -1.86. The van der Waals surface area contributed by atoms with Crippen molar-refractivity contribution in [2.75, 3.05) is 24.7 Å². The summed E-state index contributed by atoms with van der Waals surface area (Å²) in [7, 11) is 0. The van der Waals surface area contributed by atoms with Crippen LogP contribution in [0.15, 0.2) is 42.7 Å². The number of hydrogen-bond donors (Lipinski definition) is 2. The minimum absolute atomic E-state index is 0.286. The molecule has 29 heavy (non-hydrogen) atoms. The first-order valence-electron chi connectivity index (χ1n) is 9.12. The molecule has 0 aliphatic carbocycles. The predicted molar refractivity (Wildman–Crippen MR) is 109 cm³/mol. The van der Waals surface area contributed by atoms with Gasteiger partial charge in [0.15, 0.2) is 0 Å². The Bertz CT molecular complexity index is 1010. The zero-order valence-electron chi connectivity index (χ0n) is 15.8. The van der Waals surface area contributed by atoms with Crippen molar-refractivity contribution in [3.05, 3.63) is 54.4 Å². The lowest BCUT2D eigenvalue weighted by molar-refractivity contribution is 0.478. The summed E-state index contributed by atoms with van der Waals surface area (Å²) in [6.07, 6.45) is 5.79. The van der Waals surface area contributed by atoms with Crippen LogP contribution in [0.4, 0.5) is 14.6 Å². The highest BCUT2D eigenvalue weighted by Gasteiger charge is 2.15. The van der Waals surface area contributed by atoms with Crippen LogP contribution in [0.1, 0.15) is 12.8 Å². The number of anilines is 1. The first-order chi connectivity index (χ1) is 13.9. The molecule has 1 unspecified atom stereocenters. The summed E-state index contributed by atoms with van der Waals surface area (Å²) in [6, 6.07) is 8.53. The molecule has 1 aliphatic heterocycles. The molecule has 1 saturated heterocycles. The number of pyridine rings is 2. The Morgan fingerprint density at radius 1 is 1.17 bits per heavy atom. The molecule has 0 amide bonds. The van der Waals surface area contributed by atoms with Gasteiger partial charge in [-0.1, -0.05) is 17.1 Å². The van der Waals surface area contributed by atoms with E-state index in [1.54, 1.807) is 30.5 Å². The molecule has 1 aromatic carbocycles. The average molecular weight is 419 g/mol. The highest BCUT2D eigenvalue weighted by Crippen LogP contribution is 2.29. The maximum absolute atomic E-state index is 14.3. The Hall–Kier alpha value is -2.49. The van der Waals surface area contributed by atoms with Gasteiger partial charge in [0.1, 0.15) is 23.0 Å². The molecule has 2 N–H and O–H groups in total. The van der Waals surface area contributed by atoms with Crippen LogP contribution < -0.4 is 10.6 Å². The van der Waals surface area contributed by atoms with Crippen molar-refractivity contribution in [1.82, 2.24) is 15.3 Å². The van der Waals surface area contributed by atoms with Gasteiger partial charge in [0.25, 0.3) is 0 Å². The zero-order valence-corrected chi connectivity index (χ0v) is 16.6. The van der Waals surface area contributed by atoms with Crippen molar-refractivity contribution < 1.29 is 17.5 Å². The van der Waals surface area contributed by atoms with Crippen LogP contribution >= 0.6 is 0 Å². The summed E-state index contributed by atoms with van der Waals surface area (Å²) in [5, 5.41) is 7.29. The van der Waals surface area contributed by atoms with Crippen molar-refractivity contribution in [3.63, 3.8) is 0 Å². The van der Waals surface area contributed by atoms with Crippen molar-refractivity contribution in [3.8, 4) is 11.1 Å². The number of benzene rings is 1. The molecule has 0 spiro atoms. The van der Waals surface area contributed by atoms with Crippen LogP contribution in [0, 0.1) is 11.6 Å². The summed E-state index contributed by atoms with van der Waals surface area (Å²) in [6.45, 7) is 1.91. The number of nitrogens with zero attached hydrogens (tertiary/aromatic N) is 2. The minimum Gasteiger partial charge on any atom is -0.773 e. The Kier molecular flexibility index (Phi) is 7.18. The van der Waals surface area contributed by atoms with E-state index in [0.29, 0.717) is 28.4 Å². The van der Waals surface area contributed by atoms with Crippen molar-refractivity contribution in [2.45, 2.75) is 18.9 Å². The van der Waals surface area contributed by atoms with Crippen LogP contribution in [0.5, 0.6) is 0 Å². The number of hydrogen-bond acceptors (Lipinski definition) is 6. The van der Waals surface area contributed by atoms with Crippen LogP contribution in [0.3, 0.4) is 0 Å². The Labute approximate surface area is 170 Å². The third-order valence-electron chi connectivity index (χ3n) is 4.52. The van der Waals surface area contributed by atoms with Gasteiger partial charge in [-0.25, -0.2) is 13.8 Å². The largest absolute Gasteiger partial charge is 0.773 e. The first kappa shape index (κ1) is 21.2. The normalized spacial score (nSPS) is 15.4. The van der Waals surface area contributed by atoms with Gasteiger partial charge < -0.3 is 15.2 Å². The number of fused-ring (bicyclic) bond motifs is 1. The van der Waals surface area contributed by atoms with E-state index in [0.717, 1.165) is 32.2 Å². The molecule has 0 saturated carbocycles. The molecule has 3 heterocycles. The maximum Gasteiger partial charge on any atom is 0.150 e. The number of aromatic nitrogens is 2. The maximum atomic E-state index is 14.3. The van der Waals surface area contributed by atoms with E-state index in [1.165, 1.54) is 12.3 Å². The van der Waals surface area contributed by atoms with Gasteiger partial charge in [-0.05, 0) is 62.0 Å². The number of halogens is 2. The molecule has 0 radical (unpaired) electrons. The van der Waals surface area contributed by atoms with Gasteiger partial charge in [0, 0.05) is 23.2 Å². The van der Waals surface area contributed by atoms with E-state index in [1.807, 2.05) is 0 Å². The van der Waals surface area contributed by atoms with E-state index in [4.69, 9.17) is 8.76 Å². The van der Waals surface area contributed by atoms with E-state index < -0.39 is 22.7 Å². The standard InChI is InChI=1S/C19H18F2N4.CH4O2S/c20-16-9-13(8-12-2-1-5-23-19(12)16)15-10-18(24-11-17(15)21)25-14-3-6-22-7-4-14;1-4(2)3/h1-2,5,8-11,14,22H,3-4,6-7H2,(H,24,25);1H3,(H,2,3)/p-1. The van der Waals surface area contributed by atoms with Gasteiger partial charge >= 0.3 is 0 Å². The summed E-state index contributed by atoms with van der Waals surface area (Å²) in [4.78, 5) is 8.16. The second-order valence-corrected chi connectivity index (χ2v) is 7.46. The Balaban J connectivity index is 0.000000552. The number of rotatable bonds is 3. The van der Waals surface area contributed by atoms with E-state index >= 15 is 0 Å². The Morgan fingerprint density at radius 3 is 2.62 bits per heavy atom. The molecule has 2 aromatic heterocycles. The van der Waals surface area contributed by atoms with Gasteiger partial charge in [-0.3, -0.25) is 9.19 Å². The Morgan fingerprint density at radius 2 is 1.90 bits per heavy atom. The molecule has 9 heteroatoms. The monoisotopic (exact) mass is 419 g/mol. The highest BCUT2D eigenvalue weighted by atomic mass is 32.2. The molecule has 0 bridgehead atoms. The summed E-state index contributed by atoms with van der Waals surface area (Å²) < 4.78 is 46.6. The van der Waals surface area contributed by atoms with Gasteiger partial charge in [0.05, 0.1) is 6.20 Å². The number of nitrogens with one attached hydrogen (secondary N) is 2. The van der Waals surface area contributed by atoms with Gasteiger partial charge in [0.2, 0.25) is 0 Å². The van der Waals surface area contributed by atoms with E-state index in [-0.39, 0.29) is 5.52 Å². The fraction of sp³-hybridized carbons (Fsp3) is 0.300. The first-order valence-corrected chi connectivity index (χ1v) is 10.6. The smallest absolute Gasteiger partial charge is 0.150 e. The van der Waals surface area contributed by atoms with E-state index in [9.17, 15) is 8.78 Å². The van der Waals surface area contributed by atoms with E-state index in [2.05, 4.69) is 20.6 Å². The molecule has 3 aromatic rings. The highest BCUT2D eigenvalue weighted by molar-refractivity contribution is 7.78. The predicted octanol–water partition coefficient (Wildman–Crippen LogP) is 3.23. The molecular weight excluding hydrogens is 398 g/mol. The summed E-state index contributed by atoms with van der Waals surface area (Å²) in [5.41, 5.74) is 1.09. The molecule has 1 atom stereocenters. The lowest BCUT2D eigenvalue weighted by atomic mass is 10.0. The molecular formula is C20H21F2N4O2S-.